The Balaban J connectivity index is 1.54. The number of hydrogen-bond acceptors (Lipinski definition) is 6. The molecule has 1 aliphatic carbocycles. The quantitative estimate of drug-likeness (QED) is 0.357. The number of benzene rings is 1. The molecule has 32 heavy (non-hydrogen) atoms. The van der Waals surface area contributed by atoms with Gasteiger partial charge in [0.25, 0.3) is 0 Å². The first kappa shape index (κ1) is 22.2. The lowest BCUT2D eigenvalue weighted by molar-refractivity contribution is -0.108. The second-order valence-electron chi connectivity index (χ2n) is 8.45. The van der Waals surface area contributed by atoms with E-state index in [1.54, 1.807) is 13.3 Å². The van der Waals surface area contributed by atoms with Crippen LogP contribution in [0.5, 0.6) is 5.88 Å². The van der Waals surface area contributed by atoms with Crippen LogP contribution in [0.25, 0.3) is 22.0 Å². The monoisotopic (exact) mass is 434 g/mol. The number of aromatic nitrogens is 2. The molecule has 3 aromatic rings. The molecular formula is C25H30N4O3. The van der Waals surface area contributed by atoms with Crippen LogP contribution in [0.3, 0.4) is 0 Å². The maximum absolute atomic E-state index is 12.0. The first-order valence-corrected chi connectivity index (χ1v) is 11.0. The molecule has 7 nitrogen and oxygen atoms in total. The van der Waals surface area contributed by atoms with E-state index in [1.165, 1.54) is 0 Å². The second kappa shape index (κ2) is 10.1. The van der Waals surface area contributed by atoms with Crippen molar-refractivity contribution in [3.63, 3.8) is 0 Å². The van der Waals surface area contributed by atoms with Crippen LogP contribution in [0, 0.1) is 0 Å². The van der Waals surface area contributed by atoms with E-state index in [1.807, 2.05) is 55.5 Å². The molecular weight excluding hydrogens is 404 g/mol. The summed E-state index contributed by atoms with van der Waals surface area (Å²) in [6, 6.07) is 12.1. The molecule has 2 heterocycles. The third-order valence-corrected chi connectivity index (χ3v) is 5.98. The van der Waals surface area contributed by atoms with Crippen molar-refractivity contribution in [2.75, 3.05) is 39.3 Å². The molecule has 0 unspecified atom stereocenters. The van der Waals surface area contributed by atoms with E-state index >= 15 is 0 Å². The molecule has 0 saturated heterocycles. The molecule has 7 heteroatoms. The minimum atomic E-state index is 0.150. The summed E-state index contributed by atoms with van der Waals surface area (Å²) in [5, 5.41) is 0.946. The predicted octanol–water partition coefficient (Wildman–Crippen LogP) is 3.77. The summed E-state index contributed by atoms with van der Waals surface area (Å²) in [5.74, 6) is 0.625. The fourth-order valence-corrected chi connectivity index (χ4v) is 4.03. The Bertz CT molecular complexity index is 1050. The van der Waals surface area contributed by atoms with Crippen molar-refractivity contribution in [2.45, 2.75) is 31.4 Å². The molecule has 2 aromatic heterocycles. The minimum absolute atomic E-state index is 0.150. The average molecular weight is 435 g/mol. The van der Waals surface area contributed by atoms with Gasteiger partial charge in [0, 0.05) is 49.1 Å². The Morgan fingerprint density at radius 3 is 2.59 bits per heavy atom. The van der Waals surface area contributed by atoms with E-state index < -0.39 is 0 Å². The molecule has 1 saturated carbocycles. The Labute approximate surface area is 189 Å². The van der Waals surface area contributed by atoms with Gasteiger partial charge in [-0.15, -0.1) is 0 Å². The largest absolute Gasteiger partial charge is 0.478 e. The zero-order chi connectivity index (χ0) is 22.5. The molecule has 0 aliphatic heterocycles. The Hall–Kier alpha value is -3.03. The number of hydrogen-bond donors (Lipinski definition) is 0. The van der Waals surface area contributed by atoms with Gasteiger partial charge >= 0.3 is 0 Å². The summed E-state index contributed by atoms with van der Waals surface area (Å²) in [5.41, 5.74) is 3.74. The highest BCUT2D eigenvalue weighted by Gasteiger charge is 2.34. The van der Waals surface area contributed by atoms with Crippen molar-refractivity contribution in [3.8, 4) is 17.0 Å². The average Bonchev–Trinajstić information content (AvgIpc) is 2.78. The van der Waals surface area contributed by atoms with Gasteiger partial charge in [-0.3, -0.25) is 9.78 Å². The highest BCUT2D eigenvalue weighted by atomic mass is 16.5. The topological polar surface area (TPSA) is 67.8 Å². The van der Waals surface area contributed by atoms with Crippen molar-refractivity contribution in [3.05, 3.63) is 48.8 Å². The van der Waals surface area contributed by atoms with Crippen LogP contribution in [0.15, 0.2) is 48.8 Å². The van der Waals surface area contributed by atoms with Crippen LogP contribution in [0.2, 0.25) is 0 Å². The van der Waals surface area contributed by atoms with Gasteiger partial charge in [-0.25, -0.2) is 4.98 Å². The molecule has 1 amide bonds. The number of nitrogens with zero attached hydrogens (tertiary/aromatic N) is 4. The van der Waals surface area contributed by atoms with Gasteiger partial charge in [0.1, 0.15) is 0 Å². The fraction of sp³-hybridized carbons (Fsp3) is 0.400. The SMILES string of the molecule is COC1CC(N(C=O)c2ccnc3ccc(-c4ccc(OCCCN(C)C)nc4)cc23)C1. The smallest absolute Gasteiger partial charge is 0.214 e. The number of anilines is 1. The summed E-state index contributed by atoms with van der Waals surface area (Å²) in [6.07, 6.45) is 7.37. The molecule has 1 aliphatic rings. The molecule has 0 atom stereocenters. The van der Waals surface area contributed by atoms with Crippen molar-refractivity contribution >= 4 is 23.0 Å². The van der Waals surface area contributed by atoms with Crippen LogP contribution >= 0.6 is 0 Å². The summed E-state index contributed by atoms with van der Waals surface area (Å²) in [7, 11) is 5.82. The molecule has 0 radical (unpaired) electrons. The van der Waals surface area contributed by atoms with Crippen molar-refractivity contribution < 1.29 is 14.3 Å². The molecule has 168 valence electrons. The first-order chi connectivity index (χ1) is 15.6. The number of carbonyl (C=O) groups excluding carboxylic acids is 1. The zero-order valence-corrected chi connectivity index (χ0v) is 18.9. The third-order valence-electron chi connectivity index (χ3n) is 5.98. The van der Waals surface area contributed by atoms with Gasteiger partial charge in [0.2, 0.25) is 12.3 Å². The molecule has 1 fully saturated rings. The normalized spacial score (nSPS) is 17.9. The van der Waals surface area contributed by atoms with Crippen molar-refractivity contribution in [2.24, 2.45) is 0 Å². The lowest BCUT2D eigenvalue weighted by Crippen LogP contribution is -2.47. The first-order valence-electron chi connectivity index (χ1n) is 11.0. The maximum atomic E-state index is 12.0. The van der Waals surface area contributed by atoms with E-state index in [2.05, 4.69) is 20.9 Å². The highest BCUT2D eigenvalue weighted by Crippen LogP contribution is 2.35. The van der Waals surface area contributed by atoms with Gasteiger partial charge < -0.3 is 19.3 Å². The molecule has 4 rings (SSSR count). The zero-order valence-electron chi connectivity index (χ0n) is 18.9. The van der Waals surface area contributed by atoms with Gasteiger partial charge in [0.05, 0.1) is 23.9 Å². The summed E-state index contributed by atoms with van der Waals surface area (Å²) >= 11 is 0. The number of methoxy groups -OCH3 is 1. The molecule has 1 aromatic carbocycles. The van der Waals surface area contributed by atoms with Gasteiger partial charge in [-0.1, -0.05) is 6.07 Å². The van der Waals surface area contributed by atoms with Crippen molar-refractivity contribution in [1.29, 1.82) is 0 Å². The van der Waals surface area contributed by atoms with Crippen LogP contribution in [0.1, 0.15) is 19.3 Å². The Morgan fingerprint density at radius 2 is 1.91 bits per heavy atom. The maximum Gasteiger partial charge on any atom is 0.214 e. The summed E-state index contributed by atoms with van der Waals surface area (Å²) in [6.45, 7) is 1.62. The number of pyridine rings is 2. The van der Waals surface area contributed by atoms with Gasteiger partial charge in [0.15, 0.2) is 0 Å². The minimum Gasteiger partial charge on any atom is -0.478 e. The van der Waals surface area contributed by atoms with Gasteiger partial charge in [-0.05, 0) is 63.2 Å². The van der Waals surface area contributed by atoms with Crippen LogP contribution in [-0.2, 0) is 9.53 Å². The predicted molar refractivity (Wildman–Crippen MR) is 126 cm³/mol. The molecule has 0 spiro atoms. The summed E-state index contributed by atoms with van der Waals surface area (Å²) in [4.78, 5) is 24.9. The van der Waals surface area contributed by atoms with E-state index in [0.29, 0.717) is 12.5 Å². The van der Waals surface area contributed by atoms with Crippen molar-refractivity contribution in [1.82, 2.24) is 14.9 Å². The van der Waals surface area contributed by atoms with Crippen LogP contribution < -0.4 is 9.64 Å². The van der Waals surface area contributed by atoms with E-state index in [9.17, 15) is 4.79 Å². The van der Waals surface area contributed by atoms with E-state index in [0.717, 1.165) is 59.9 Å². The summed E-state index contributed by atoms with van der Waals surface area (Å²) < 4.78 is 11.1. The Kier molecular flexibility index (Phi) is 6.97. The van der Waals surface area contributed by atoms with E-state index in [-0.39, 0.29) is 12.1 Å². The standard InChI is InChI=1S/C25H30N4O3/c1-28(2)11-4-12-32-25-8-6-19(16-27-25)18-5-7-23-22(13-18)24(9-10-26-23)29(17-30)20-14-21(15-20)31-3/h5-10,13,16-17,20-21H,4,11-12,14-15H2,1-3H3. The third kappa shape index (κ3) is 4.89. The number of fused-ring (bicyclic) bond motifs is 1. The molecule has 0 N–H and O–H groups in total. The number of rotatable bonds is 10. The number of amides is 1. The Morgan fingerprint density at radius 1 is 1.09 bits per heavy atom. The number of carbonyl (C=O) groups is 1. The lowest BCUT2D eigenvalue weighted by atomic mass is 9.87. The second-order valence-corrected chi connectivity index (χ2v) is 8.45. The van der Waals surface area contributed by atoms with E-state index in [4.69, 9.17) is 9.47 Å². The lowest BCUT2D eigenvalue weighted by Gasteiger charge is -2.40. The van der Waals surface area contributed by atoms with Crippen LogP contribution in [0.4, 0.5) is 5.69 Å². The van der Waals surface area contributed by atoms with Gasteiger partial charge in [-0.2, -0.15) is 0 Å². The molecule has 0 bridgehead atoms. The van der Waals surface area contributed by atoms with Crippen LogP contribution in [-0.4, -0.2) is 67.8 Å². The highest BCUT2D eigenvalue weighted by molar-refractivity contribution is 5.98. The fourth-order valence-electron chi connectivity index (χ4n) is 4.03. The number of ether oxygens (including phenoxy) is 2.